The zero-order valence-electron chi connectivity index (χ0n) is 7.64. The molecule has 0 aliphatic rings. The van der Waals surface area contributed by atoms with E-state index in [9.17, 15) is 18.0 Å². The quantitative estimate of drug-likeness (QED) is 0.604. The summed E-state index contributed by atoms with van der Waals surface area (Å²) in [6.07, 6.45) is -6.92. The number of nitrogens with two attached hydrogens (primary N) is 1. The van der Waals surface area contributed by atoms with Crippen LogP contribution in [-0.4, -0.2) is 35.9 Å². The number of hydrogen-bond acceptors (Lipinski definition) is 3. The second-order valence-electron chi connectivity index (χ2n) is 3.00. The first-order valence-electron chi connectivity index (χ1n) is 3.99. The monoisotopic (exact) mass is 214 g/mol. The lowest BCUT2D eigenvalue weighted by atomic mass is 10.2. The van der Waals surface area contributed by atoms with Crippen molar-refractivity contribution in [2.24, 2.45) is 5.73 Å². The van der Waals surface area contributed by atoms with Crippen molar-refractivity contribution in [2.75, 3.05) is 6.54 Å². The van der Waals surface area contributed by atoms with Crippen LogP contribution < -0.4 is 11.1 Å². The van der Waals surface area contributed by atoms with Crippen molar-refractivity contribution >= 4 is 5.91 Å². The van der Waals surface area contributed by atoms with E-state index >= 15 is 0 Å². The van der Waals surface area contributed by atoms with Gasteiger partial charge in [-0.1, -0.05) is 0 Å². The molecule has 0 bridgehead atoms. The number of carbonyl (C=O) groups excluding carboxylic acids is 1. The zero-order valence-corrected chi connectivity index (χ0v) is 7.64. The number of alkyl halides is 3. The van der Waals surface area contributed by atoms with E-state index in [0.717, 1.165) is 0 Å². The predicted molar refractivity (Wildman–Crippen MR) is 43.3 cm³/mol. The maximum Gasteiger partial charge on any atom is 0.397 e. The lowest BCUT2D eigenvalue weighted by molar-refractivity contribution is -0.153. The minimum Gasteiger partial charge on any atom is -0.392 e. The van der Waals surface area contributed by atoms with Crippen molar-refractivity contribution < 1.29 is 23.1 Å². The van der Waals surface area contributed by atoms with Gasteiger partial charge in [0.25, 0.3) is 0 Å². The van der Waals surface area contributed by atoms with E-state index in [0.29, 0.717) is 0 Å². The number of rotatable bonds is 4. The predicted octanol–water partition coefficient (Wildman–Crippen LogP) is -0.237. The molecule has 0 radical (unpaired) electrons. The molecule has 0 saturated heterocycles. The van der Waals surface area contributed by atoms with E-state index in [2.05, 4.69) is 0 Å². The van der Waals surface area contributed by atoms with Gasteiger partial charge in [0.05, 0.1) is 6.10 Å². The SMILES string of the molecule is CC(O)C(N)CNC(=O)CC(F)(F)F. The Hall–Kier alpha value is -0.820. The highest BCUT2D eigenvalue weighted by molar-refractivity contribution is 5.76. The number of carbonyl (C=O) groups is 1. The molecule has 0 saturated carbocycles. The first kappa shape index (κ1) is 13.2. The molecule has 14 heavy (non-hydrogen) atoms. The summed E-state index contributed by atoms with van der Waals surface area (Å²) in [5, 5.41) is 10.8. The second kappa shape index (κ2) is 5.16. The average molecular weight is 214 g/mol. The highest BCUT2D eigenvalue weighted by Crippen LogP contribution is 2.18. The highest BCUT2D eigenvalue weighted by Gasteiger charge is 2.31. The van der Waals surface area contributed by atoms with E-state index in [1.165, 1.54) is 6.92 Å². The molecule has 2 unspecified atom stereocenters. The molecule has 0 heterocycles. The van der Waals surface area contributed by atoms with Crippen LogP contribution in [-0.2, 0) is 4.79 Å². The van der Waals surface area contributed by atoms with Gasteiger partial charge in [0.2, 0.25) is 5.91 Å². The van der Waals surface area contributed by atoms with Crippen molar-refractivity contribution in [1.29, 1.82) is 0 Å². The molecule has 0 aromatic rings. The lowest BCUT2D eigenvalue weighted by Crippen LogP contribution is -2.44. The maximum absolute atomic E-state index is 11.6. The number of aliphatic hydroxyl groups is 1. The summed E-state index contributed by atoms with van der Waals surface area (Å²) in [6.45, 7) is 1.22. The van der Waals surface area contributed by atoms with Crippen LogP contribution in [0.2, 0.25) is 0 Å². The maximum atomic E-state index is 11.6. The summed E-state index contributed by atoms with van der Waals surface area (Å²) >= 11 is 0. The standard InChI is InChI=1S/C7H13F3N2O2/c1-4(13)5(11)3-12-6(14)2-7(8,9)10/h4-5,13H,2-3,11H2,1H3,(H,12,14). The van der Waals surface area contributed by atoms with E-state index in [1.807, 2.05) is 5.32 Å². The molecule has 0 aliphatic heterocycles. The summed E-state index contributed by atoms with van der Waals surface area (Å²) in [7, 11) is 0. The van der Waals surface area contributed by atoms with Crippen LogP contribution in [0.15, 0.2) is 0 Å². The third kappa shape index (κ3) is 6.67. The van der Waals surface area contributed by atoms with Gasteiger partial charge in [-0.05, 0) is 6.92 Å². The summed E-state index contributed by atoms with van der Waals surface area (Å²) in [5.41, 5.74) is 5.28. The van der Waals surface area contributed by atoms with Gasteiger partial charge >= 0.3 is 6.18 Å². The Kier molecular flexibility index (Phi) is 4.86. The van der Waals surface area contributed by atoms with E-state index in [4.69, 9.17) is 10.8 Å². The Morgan fingerprint density at radius 1 is 1.57 bits per heavy atom. The summed E-state index contributed by atoms with van der Waals surface area (Å²) in [4.78, 5) is 10.6. The number of amides is 1. The molecule has 2 atom stereocenters. The van der Waals surface area contributed by atoms with E-state index < -0.39 is 30.7 Å². The molecule has 7 heteroatoms. The Morgan fingerprint density at radius 3 is 2.43 bits per heavy atom. The van der Waals surface area contributed by atoms with Crippen LogP contribution in [0.25, 0.3) is 0 Å². The van der Waals surface area contributed by atoms with Crippen molar-refractivity contribution in [2.45, 2.75) is 31.7 Å². The molecular weight excluding hydrogens is 201 g/mol. The molecular formula is C7H13F3N2O2. The highest BCUT2D eigenvalue weighted by atomic mass is 19.4. The summed E-state index contributed by atoms with van der Waals surface area (Å²) in [5.74, 6) is -1.14. The summed E-state index contributed by atoms with van der Waals surface area (Å²) < 4.78 is 34.9. The minimum absolute atomic E-state index is 0.174. The lowest BCUT2D eigenvalue weighted by Gasteiger charge is -2.15. The van der Waals surface area contributed by atoms with Crippen LogP contribution in [0.1, 0.15) is 13.3 Å². The Labute approximate surface area is 79.3 Å². The van der Waals surface area contributed by atoms with Gasteiger partial charge in [0.15, 0.2) is 0 Å². The molecule has 1 amide bonds. The number of halogens is 3. The van der Waals surface area contributed by atoms with Gasteiger partial charge in [-0.3, -0.25) is 4.79 Å². The molecule has 84 valence electrons. The van der Waals surface area contributed by atoms with Crippen LogP contribution >= 0.6 is 0 Å². The third-order valence-electron chi connectivity index (χ3n) is 1.52. The van der Waals surface area contributed by atoms with Gasteiger partial charge in [0.1, 0.15) is 6.42 Å². The molecule has 0 aliphatic carbocycles. The average Bonchev–Trinajstić information content (AvgIpc) is 1.96. The fourth-order valence-electron chi connectivity index (χ4n) is 0.647. The van der Waals surface area contributed by atoms with Crippen LogP contribution in [0.4, 0.5) is 13.2 Å². The van der Waals surface area contributed by atoms with Gasteiger partial charge < -0.3 is 16.2 Å². The van der Waals surface area contributed by atoms with Crippen molar-refractivity contribution in [3.05, 3.63) is 0 Å². The first-order valence-corrected chi connectivity index (χ1v) is 3.99. The molecule has 4 nitrogen and oxygen atoms in total. The Morgan fingerprint density at radius 2 is 2.07 bits per heavy atom. The Bertz CT molecular complexity index is 194. The van der Waals surface area contributed by atoms with Crippen molar-refractivity contribution in [3.63, 3.8) is 0 Å². The number of aliphatic hydroxyl groups excluding tert-OH is 1. The van der Waals surface area contributed by atoms with Crippen molar-refractivity contribution in [3.8, 4) is 0 Å². The fourth-order valence-corrected chi connectivity index (χ4v) is 0.647. The van der Waals surface area contributed by atoms with Crippen molar-refractivity contribution in [1.82, 2.24) is 5.32 Å². The fraction of sp³-hybridized carbons (Fsp3) is 0.857. The normalized spacial score (nSPS) is 16.1. The van der Waals surface area contributed by atoms with Gasteiger partial charge in [0, 0.05) is 12.6 Å². The zero-order chi connectivity index (χ0) is 11.4. The Balaban J connectivity index is 3.75. The number of nitrogens with one attached hydrogen (secondary N) is 1. The molecule has 0 rings (SSSR count). The molecule has 0 aromatic carbocycles. The van der Waals surface area contributed by atoms with E-state index in [-0.39, 0.29) is 6.54 Å². The number of hydrogen-bond donors (Lipinski definition) is 3. The molecule has 0 spiro atoms. The first-order chi connectivity index (χ1) is 6.22. The summed E-state index contributed by atoms with van der Waals surface area (Å²) in [6, 6.07) is -0.757. The smallest absolute Gasteiger partial charge is 0.392 e. The molecule has 4 N–H and O–H groups in total. The largest absolute Gasteiger partial charge is 0.397 e. The topological polar surface area (TPSA) is 75.3 Å². The van der Waals surface area contributed by atoms with Crippen LogP contribution in [0.5, 0.6) is 0 Å². The van der Waals surface area contributed by atoms with Crippen LogP contribution in [0, 0.1) is 0 Å². The van der Waals surface area contributed by atoms with Crippen LogP contribution in [0.3, 0.4) is 0 Å². The van der Waals surface area contributed by atoms with Gasteiger partial charge in [-0.2, -0.15) is 13.2 Å². The third-order valence-corrected chi connectivity index (χ3v) is 1.52. The molecule has 0 aromatic heterocycles. The molecule has 0 fully saturated rings. The second-order valence-corrected chi connectivity index (χ2v) is 3.00. The van der Waals surface area contributed by atoms with Gasteiger partial charge in [-0.15, -0.1) is 0 Å². The minimum atomic E-state index is -4.51. The van der Waals surface area contributed by atoms with E-state index in [1.54, 1.807) is 0 Å². The van der Waals surface area contributed by atoms with Gasteiger partial charge in [-0.25, -0.2) is 0 Å².